The molecule has 1 aromatic rings. The number of nitrogens with zero attached hydrogens (tertiary/aromatic N) is 1. The molecule has 2 aliphatic heterocycles. The zero-order valence-corrected chi connectivity index (χ0v) is 15.2. The fourth-order valence-corrected chi connectivity index (χ4v) is 4.02. The van der Waals surface area contributed by atoms with Crippen LogP contribution in [0.5, 0.6) is 0 Å². The fraction of sp³-hybridized carbons (Fsp3) is 0.381. The quantitative estimate of drug-likeness (QED) is 0.788. The molecule has 0 bridgehead atoms. The number of likely N-dealkylation sites (tertiary alicyclic amines) is 1. The highest BCUT2D eigenvalue weighted by Gasteiger charge is 2.40. The van der Waals surface area contributed by atoms with Gasteiger partial charge in [-0.25, -0.2) is 0 Å². The van der Waals surface area contributed by atoms with Gasteiger partial charge in [0.15, 0.2) is 0 Å². The fourth-order valence-electron chi connectivity index (χ4n) is 3.84. The molecule has 26 heavy (non-hydrogen) atoms. The summed E-state index contributed by atoms with van der Waals surface area (Å²) >= 11 is 6.15. The Balaban J connectivity index is 1.41. The van der Waals surface area contributed by atoms with Crippen LogP contribution in [-0.2, 0) is 4.79 Å². The summed E-state index contributed by atoms with van der Waals surface area (Å²) in [7, 11) is 0. The predicted octanol–water partition coefficient (Wildman–Crippen LogP) is 3.04. The van der Waals surface area contributed by atoms with Gasteiger partial charge in [0.25, 0.3) is 0 Å². The summed E-state index contributed by atoms with van der Waals surface area (Å²) in [6, 6.07) is 8.33. The average Bonchev–Trinajstić information content (AvgIpc) is 2.59. The van der Waals surface area contributed by atoms with Crippen molar-refractivity contribution < 1.29 is 9.90 Å². The van der Waals surface area contributed by atoms with Gasteiger partial charge in [-0.3, -0.25) is 9.69 Å². The number of rotatable bonds is 2. The number of hydrogen-bond acceptors (Lipinski definition) is 3. The summed E-state index contributed by atoms with van der Waals surface area (Å²) < 4.78 is 0. The van der Waals surface area contributed by atoms with Crippen LogP contribution in [0.1, 0.15) is 24.8 Å². The number of benzene rings is 1. The van der Waals surface area contributed by atoms with Gasteiger partial charge in [0, 0.05) is 24.7 Å². The Bertz CT molecular complexity index is 843. The van der Waals surface area contributed by atoms with Crippen molar-refractivity contribution in [1.82, 2.24) is 10.2 Å². The monoisotopic (exact) mass is 368 g/mol. The van der Waals surface area contributed by atoms with Crippen molar-refractivity contribution in [2.24, 2.45) is 5.92 Å². The van der Waals surface area contributed by atoms with E-state index in [0.717, 1.165) is 43.6 Å². The minimum absolute atomic E-state index is 0.150. The van der Waals surface area contributed by atoms with E-state index in [0.29, 0.717) is 17.1 Å². The molecule has 1 saturated carbocycles. The third kappa shape index (κ3) is 3.51. The van der Waals surface area contributed by atoms with Crippen molar-refractivity contribution in [2.45, 2.75) is 31.3 Å². The van der Waals surface area contributed by atoms with E-state index in [-0.39, 0.29) is 5.92 Å². The van der Waals surface area contributed by atoms with Gasteiger partial charge in [-0.1, -0.05) is 35.7 Å². The molecule has 0 spiro atoms. The first-order chi connectivity index (χ1) is 12.6. The average molecular weight is 369 g/mol. The van der Waals surface area contributed by atoms with E-state index in [2.05, 4.69) is 28.1 Å². The number of carboxylic acid groups (broad SMARTS) is 1. The van der Waals surface area contributed by atoms with Crippen LogP contribution in [0.4, 0.5) is 0 Å². The Kier molecular flexibility index (Phi) is 4.76. The van der Waals surface area contributed by atoms with Crippen molar-refractivity contribution in [3.05, 3.63) is 58.3 Å². The first-order valence-electron chi connectivity index (χ1n) is 9.01. The molecule has 2 fully saturated rings. The first kappa shape index (κ1) is 17.2. The highest BCUT2D eigenvalue weighted by atomic mass is 35.5. The van der Waals surface area contributed by atoms with Crippen molar-refractivity contribution in [2.75, 3.05) is 13.1 Å². The van der Waals surface area contributed by atoms with E-state index in [4.69, 9.17) is 16.7 Å². The summed E-state index contributed by atoms with van der Waals surface area (Å²) in [5.41, 5.74) is 3.11. The third-order valence-electron chi connectivity index (χ3n) is 5.52. The second-order valence-corrected chi connectivity index (χ2v) is 7.58. The maximum Gasteiger partial charge on any atom is 0.306 e. The predicted molar refractivity (Wildman–Crippen MR) is 102 cm³/mol. The van der Waals surface area contributed by atoms with Crippen molar-refractivity contribution in [1.29, 1.82) is 0 Å². The van der Waals surface area contributed by atoms with Gasteiger partial charge in [-0.2, -0.15) is 0 Å². The zero-order chi connectivity index (χ0) is 18.1. The van der Waals surface area contributed by atoms with Gasteiger partial charge in [0.2, 0.25) is 0 Å². The molecule has 1 unspecified atom stereocenters. The van der Waals surface area contributed by atoms with Crippen molar-refractivity contribution >= 4 is 17.6 Å². The van der Waals surface area contributed by atoms with Crippen LogP contribution >= 0.6 is 11.6 Å². The lowest BCUT2D eigenvalue weighted by molar-refractivity contribution is -0.147. The second-order valence-electron chi connectivity index (χ2n) is 7.17. The molecule has 0 aromatic heterocycles. The summed E-state index contributed by atoms with van der Waals surface area (Å²) in [6.45, 7) is 1.91. The lowest BCUT2D eigenvalue weighted by Crippen LogP contribution is -2.53. The minimum atomic E-state index is -0.653. The molecule has 4 rings (SSSR count). The first-order valence-corrected chi connectivity index (χ1v) is 9.38. The number of carboxylic acids is 1. The van der Waals surface area contributed by atoms with Crippen LogP contribution in [0.2, 0.25) is 5.02 Å². The zero-order valence-electron chi connectivity index (χ0n) is 14.4. The van der Waals surface area contributed by atoms with E-state index < -0.39 is 5.97 Å². The molecule has 134 valence electrons. The van der Waals surface area contributed by atoms with E-state index in [1.54, 1.807) is 0 Å². The molecule has 2 N–H and O–H groups in total. The summed E-state index contributed by atoms with van der Waals surface area (Å²) in [5.74, 6) is 5.51. The van der Waals surface area contributed by atoms with E-state index in [9.17, 15) is 4.79 Å². The van der Waals surface area contributed by atoms with Crippen LogP contribution in [0, 0.1) is 17.8 Å². The number of nitrogens with one attached hydrogen (secondary N) is 1. The number of fused-ring (bicyclic) bond motifs is 1. The largest absolute Gasteiger partial charge is 0.481 e. The second kappa shape index (κ2) is 7.19. The number of piperidine rings is 1. The summed E-state index contributed by atoms with van der Waals surface area (Å²) in [4.78, 5) is 13.4. The lowest BCUT2D eigenvalue weighted by Gasteiger charge is -2.46. The van der Waals surface area contributed by atoms with Gasteiger partial charge in [-0.05, 0) is 49.0 Å². The van der Waals surface area contributed by atoms with Gasteiger partial charge in [0.05, 0.1) is 22.7 Å². The van der Waals surface area contributed by atoms with E-state index in [1.165, 1.54) is 5.57 Å². The molecule has 1 saturated heterocycles. The van der Waals surface area contributed by atoms with Crippen LogP contribution in [-0.4, -0.2) is 41.1 Å². The summed E-state index contributed by atoms with van der Waals surface area (Å²) in [5, 5.41) is 13.2. The Morgan fingerprint density at radius 2 is 2.04 bits per heavy atom. The standard InChI is InChI=1S/C21H21ClN2O2/c22-19-4-2-1-3-14(19)5-7-17-8-6-15-13-24(10-9-20(15)23-17)18-11-16(12-18)21(25)26/h1-4,6,8,16,18,20,23H,9-13H2,(H,25,26). The number of carbonyl (C=O) groups is 1. The van der Waals surface area contributed by atoms with Crippen LogP contribution in [0.3, 0.4) is 0 Å². The number of halogens is 1. The lowest BCUT2D eigenvalue weighted by atomic mass is 9.78. The normalized spacial score (nSPS) is 27.7. The Hall–Kier alpha value is -2.22. The van der Waals surface area contributed by atoms with Crippen molar-refractivity contribution in [3.63, 3.8) is 0 Å². The molecule has 1 atom stereocenters. The molecule has 1 aliphatic carbocycles. The molecule has 1 aromatic carbocycles. The molecule has 3 aliphatic rings. The molecule has 4 nitrogen and oxygen atoms in total. The van der Waals surface area contributed by atoms with Crippen LogP contribution in [0.25, 0.3) is 0 Å². The molecule has 2 heterocycles. The molecular formula is C21H21ClN2O2. The number of dihydropyridines is 1. The Labute approximate surface area is 158 Å². The third-order valence-corrected chi connectivity index (χ3v) is 5.85. The number of hydrogen-bond donors (Lipinski definition) is 2. The molecule has 0 radical (unpaired) electrons. The smallest absolute Gasteiger partial charge is 0.306 e. The highest BCUT2D eigenvalue weighted by Crippen LogP contribution is 2.34. The van der Waals surface area contributed by atoms with Gasteiger partial charge >= 0.3 is 5.97 Å². The van der Waals surface area contributed by atoms with E-state index in [1.807, 2.05) is 30.3 Å². The molecule has 0 amide bonds. The number of aliphatic carboxylic acids is 1. The molecular weight excluding hydrogens is 348 g/mol. The van der Waals surface area contributed by atoms with Gasteiger partial charge < -0.3 is 10.4 Å². The van der Waals surface area contributed by atoms with E-state index >= 15 is 0 Å². The Morgan fingerprint density at radius 1 is 1.23 bits per heavy atom. The topological polar surface area (TPSA) is 52.6 Å². The van der Waals surface area contributed by atoms with Crippen LogP contribution < -0.4 is 5.32 Å². The summed E-state index contributed by atoms with van der Waals surface area (Å²) in [6.07, 6.45) is 6.78. The van der Waals surface area contributed by atoms with Crippen LogP contribution in [0.15, 0.2) is 47.7 Å². The maximum atomic E-state index is 11.0. The Morgan fingerprint density at radius 3 is 2.81 bits per heavy atom. The minimum Gasteiger partial charge on any atom is -0.481 e. The molecule has 5 heteroatoms. The van der Waals surface area contributed by atoms with Gasteiger partial charge in [-0.15, -0.1) is 0 Å². The number of allylic oxidation sites excluding steroid dienone is 3. The SMILES string of the molecule is O=C(O)C1CC(N2CCC3NC(C#Cc4ccccc4Cl)=CC=C3C2)C1. The van der Waals surface area contributed by atoms with Crippen molar-refractivity contribution in [3.8, 4) is 11.8 Å². The maximum absolute atomic E-state index is 11.0. The highest BCUT2D eigenvalue weighted by molar-refractivity contribution is 6.31. The van der Waals surface area contributed by atoms with Gasteiger partial charge in [0.1, 0.15) is 0 Å².